The SMILES string of the molecule is Cn1c(CC(=O)O)nc(N2CCCC2)cc1=O. The van der Waals surface area contributed by atoms with Crippen LogP contribution in [0.3, 0.4) is 0 Å². The van der Waals surface area contributed by atoms with Crippen LogP contribution in [0, 0.1) is 0 Å². The fourth-order valence-corrected chi connectivity index (χ4v) is 1.98. The summed E-state index contributed by atoms with van der Waals surface area (Å²) in [5.74, 6) is -0.0835. The van der Waals surface area contributed by atoms with Crippen molar-refractivity contribution >= 4 is 11.8 Å². The molecule has 0 aliphatic carbocycles. The van der Waals surface area contributed by atoms with Crippen LogP contribution >= 0.6 is 0 Å². The lowest BCUT2D eigenvalue weighted by atomic mass is 10.3. The van der Waals surface area contributed by atoms with E-state index in [1.165, 1.54) is 10.6 Å². The molecule has 1 aliphatic heterocycles. The fraction of sp³-hybridized carbons (Fsp3) is 0.545. The van der Waals surface area contributed by atoms with E-state index < -0.39 is 5.97 Å². The van der Waals surface area contributed by atoms with Gasteiger partial charge in [-0.1, -0.05) is 0 Å². The van der Waals surface area contributed by atoms with Gasteiger partial charge in [0.25, 0.3) is 5.56 Å². The van der Waals surface area contributed by atoms with Crippen LogP contribution in [0.15, 0.2) is 10.9 Å². The molecule has 0 radical (unpaired) electrons. The summed E-state index contributed by atoms with van der Waals surface area (Å²) < 4.78 is 1.29. The molecule has 1 aliphatic rings. The van der Waals surface area contributed by atoms with Crippen LogP contribution in [0.25, 0.3) is 0 Å². The highest BCUT2D eigenvalue weighted by Gasteiger charge is 2.17. The summed E-state index contributed by atoms with van der Waals surface area (Å²) in [6, 6.07) is 1.47. The maximum atomic E-state index is 11.7. The first-order valence-corrected chi connectivity index (χ1v) is 5.61. The quantitative estimate of drug-likeness (QED) is 0.801. The van der Waals surface area contributed by atoms with E-state index in [-0.39, 0.29) is 12.0 Å². The Morgan fingerprint density at radius 1 is 1.47 bits per heavy atom. The van der Waals surface area contributed by atoms with Crippen molar-refractivity contribution in [2.24, 2.45) is 7.05 Å². The topological polar surface area (TPSA) is 75.4 Å². The Kier molecular flexibility index (Phi) is 3.12. The van der Waals surface area contributed by atoms with Gasteiger partial charge in [0.2, 0.25) is 0 Å². The first-order chi connectivity index (χ1) is 8.08. The minimum atomic E-state index is -0.980. The minimum Gasteiger partial charge on any atom is -0.481 e. The monoisotopic (exact) mass is 237 g/mol. The van der Waals surface area contributed by atoms with E-state index in [0.29, 0.717) is 11.6 Å². The molecule has 17 heavy (non-hydrogen) atoms. The van der Waals surface area contributed by atoms with Gasteiger partial charge in [0, 0.05) is 26.2 Å². The average Bonchev–Trinajstić information content (AvgIpc) is 2.77. The summed E-state index contributed by atoms with van der Waals surface area (Å²) in [5, 5.41) is 8.77. The van der Waals surface area contributed by atoms with Crippen LogP contribution in [0.1, 0.15) is 18.7 Å². The number of carboxylic acids is 1. The number of nitrogens with zero attached hydrogens (tertiary/aromatic N) is 3. The van der Waals surface area contributed by atoms with Crippen LogP contribution in [-0.4, -0.2) is 33.7 Å². The van der Waals surface area contributed by atoms with Gasteiger partial charge in [0.1, 0.15) is 18.1 Å². The second kappa shape index (κ2) is 4.57. The number of carboxylic acid groups (broad SMARTS) is 1. The second-order valence-electron chi connectivity index (χ2n) is 4.19. The predicted molar refractivity (Wildman–Crippen MR) is 62.3 cm³/mol. The van der Waals surface area contributed by atoms with Gasteiger partial charge < -0.3 is 10.0 Å². The molecule has 92 valence electrons. The molecule has 2 heterocycles. The minimum absolute atomic E-state index is 0.210. The molecule has 0 bridgehead atoms. The molecule has 1 fully saturated rings. The molecule has 0 amide bonds. The molecule has 6 heteroatoms. The zero-order valence-corrected chi connectivity index (χ0v) is 9.72. The van der Waals surface area contributed by atoms with E-state index >= 15 is 0 Å². The van der Waals surface area contributed by atoms with Gasteiger partial charge in [-0.3, -0.25) is 14.2 Å². The van der Waals surface area contributed by atoms with Gasteiger partial charge in [-0.25, -0.2) is 4.98 Å². The Labute approximate surface area is 98.5 Å². The third-order valence-corrected chi connectivity index (χ3v) is 2.95. The molecule has 1 saturated heterocycles. The highest BCUT2D eigenvalue weighted by atomic mass is 16.4. The lowest BCUT2D eigenvalue weighted by Crippen LogP contribution is -2.28. The molecule has 1 aromatic heterocycles. The Balaban J connectivity index is 2.37. The van der Waals surface area contributed by atoms with Gasteiger partial charge in [-0.15, -0.1) is 0 Å². The van der Waals surface area contributed by atoms with Crippen LogP contribution in [0.2, 0.25) is 0 Å². The standard InChI is InChI=1S/C11H15N3O3/c1-13-8(7-11(16)17)12-9(6-10(13)15)14-4-2-3-5-14/h6H,2-5,7H2,1H3,(H,16,17). The van der Waals surface area contributed by atoms with E-state index in [9.17, 15) is 9.59 Å². The summed E-state index contributed by atoms with van der Waals surface area (Å²) in [6.45, 7) is 1.76. The number of aromatic nitrogens is 2. The second-order valence-corrected chi connectivity index (χ2v) is 4.19. The Morgan fingerprint density at radius 2 is 2.12 bits per heavy atom. The summed E-state index contributed by atoms with van der Waals surface area (Å²) in [6.07, 6.45) is 1.95. The van der Waals surface area contributed by atoms with Crippen molar-refractivity contribution in [3.8, 4) is 0 Å². The molecule has 0 aromatic carbocycles. The Bertz CT molecular complexity index is 489. The van der Waals surface area contributed by atoms with E-state index in [1.807, 2.05) is 4.90 Å². The number of hydrogen-bond donors (Lipinski definition) is 1. The molecular weight excluding hydrogens is 222 g/mol. The number of hydrogen-bond acceptors (Lipinski definition) is 4. The fourth-order valence-electron chi connectivity index (χ4n) is 1.98. The number of aliphatic carboxylic acids is 1. The predicted octanol–water partition coefficient (Wildman–Crippen LogP) is 0.00760. The molecule has 2 rings (SSSR count). The van der Waals surface area contributed by atoms with Crippen molar-refractivity contribution in [1.82, 2.24) is 9.55 Å². The van der Waals surface area contributed by atoms with Crippen molar-refractivity contribution in [1.29, 1.82) is 0 Å². The third kappa shape index (κ3) is 2.46. The smallest absolute Gasteiger partial charge is 0.311 e. The highest BCUT2D eigenvalue weighted by molar-refractivity contribution is 5.69. The van der Waals surface area contributed by atoms with Crippen LogP contribution in [0.5, 0.6) is 0 Å². The highest BCUT2D eigenvalue weighted by Crippen LogP contribution is 2.16. The zero-order chi connectivity index (χ0) is 12.4. The molecule has 1 aromatic rings. The zero-order valence-electron chi connectivity index (χ0n) is 9.72. The molecule has 0 saturated carbocycles. The molecule has 1 N–H and O–H groups in total. The maximum Gasteiger partial charge on any atom is 0.311 e. The van der Waals surface area contributed by atoms with Gasteiger partial charge in [-0.05, 0) is 12.8 Å². The van der Waals surface area contributed by atoms with E-state index in [0.717, 1.165) is 25.9 Å². The summed E-state index contributed by atoms with van der Waals surface area (Å²) in [7, 11) is 1.54. The molecule has 6 nitrogen and oxygen atoms in total. The van der Waals surface area contributed by atoms with Crippen molar-refractivity contribution < 1.29 is 9.90 Å². The van der Waals surface area contributed by atoms with Crippen molar-refractivity contribution in [3.63, 3.8) is 0 Å². The van der Waals surface area contributed by atoms with Gasteiger partial charge in [-0.2, -0.15) is 0 Å². The maximum absolute atomic E-state index is 11.7. The van der Waals surface area contributed by atoms with Crippen LogP contribution < -0.4 is 10.5 Å². The molecule has 0 unspecified atom stereocenters. The van der Waals surface area contributed by atoms with E-state index in [2.05, 4.69) is 4.98 Å². The van der Waals surface area contributed by atoms with Gasteiger partial charge in [0.15, 0.2) is 0 Å². The lowest BCUT2D eigenvalue weighted by molar-refractivity contribution is -0.136. The largest absolute Gasteiger partial charge is 0.481 e. The van der Waals surface area contributed by atoms with Crippen molar-refractivity contribution in [2.45, 2.75) is 19.3 Å². The molecule has 0 atom stereocenters. The summed E-state index contributed by atoms with van der Waals surface area (Å²) >= 11 is 0. The average molecular weight is 237 g/mol. The lowest BCUT2D eigenvalue weighted by Gasteiger charge is -2.17. The first-order valence-electron chi connectivity index (χ1n) is 5.61. The Morgan fingerprint density at radius 3 is 2.71 bits per heavy atom. The van der Waals surface area contributed by atoms with Crippen LogP contribution in [0.4, 0.5) is 5.82 Å². The molecular formula is C11H15N3O3. The number of anilines is 1. The first kappa shape index (κ1) is 11.6. The third-order valence-electron chi connectivity index (χ3n) is 2.95. The van der Waals surface area contributed by atoms with Crippen molar-refractivity contribution in [2.75, 3.05) is 18.0 Å². The van der Waals surface area contributed by atoms with Crippen molar-refractivity contribution in [3.05, 3.63) is 22.2 Å². The Hall–Kier alpha value is -1.85. The normalized spacial score (nSPS) is 15.2. The van der Waals surface area contributed by atoms with Gasteiger partial charge in [0.05, 0.1) is 0 Å². The van der Waals surface area contributed by atoms with E-state index in [4.69, 9.17) is 5.11 Å². The summed E-state index contributed by atoms with van der Waals surface area (Å²) in [5.41, 5.74) is -0.210. The van der Waals surface area contributed by atoms with E-state index in [1.54, 1.807) is 7.05 Å². The van der Waals surface area contributed by atoms with Crippen LogP contribution in [-0.2, 0) is 18.3 Å². The summed E-state index contributed by atoms with van der Waals surface area (Å²) in [4.78, 5) is 28.7. The number of rotatable bonds is 3. The molecule has 0 spiro atoms. The van der Waals surface area contributed by atoms with Gasteiger partial charge >= 0.3 is 5.97 Å². The number of carbonyl (C=O) groups is 1.